The fraction of sp³-hybridized carbons (Fsp3) is 0.133. The van der Waals surface area contributed by atoms with Crippen molar-refractivity contribution < 1.29 is 14.8 Å². The summed E-state index contributed by atoms with van der Waals surface area (Å²) >= 11 is 0. The number of benzene rings is 1. The first-order valence-electron chi connectivity index (χ1n) is 6.93. The molecule has 1 aromatic carbocycles. The van der Waals surface area contributed by atoms with Gasteiger partial charge >= 0.3 is 0 Å². The van der Waals surface area contributed by atoms with E-state index in [0.717, 1.165) is 0 Å². The lowest BCUT2D eigenvalue weighted by Gasteiger charge is -2.28. The molecule has 0 heterocycles. The van der Waals surface area contributed by atoms with E-state index >= 15 is 0 Å². The third kappa shape index (κ3) is 3.18. The molecule has 0 radical (unpaired) electrons. The average Bonchev–Trinajstić information content (AvgIpc) is 2.62. The van der Waals surface area contributed by atoms with Gasteiger partial charge in [-0.3, -0.25) is 30.3 Å². The Morgan fingerprint density at radius 2 is 1.73 bits per heavy atom. The highest BCUT2D eigenvalue weighted by molar-refractivity contribution is 5.46. The average molecular weight is 354 g/mol. The van der Waals surface area contributed by atoms with Crippen molar-refractivity contribution in [3.8, 4) is 12.1 Å². The molecule has 0 aromatic heterocycles. The summed E-state index contributed by atoms with van der Waals surface area (Å²) < 4.78 is 0. The van der Waals surface area contributed by atoms with Crippen molar-refractivity contribution in [1.82, 2.24) is 0 Å². The van der Waals surface area contributed by atoms with Crippen molar-refractivity contribution >= 4 is 0 Å². The molecular formula is C15H8N5O6-. The molecule has 0 fully saturated rings. The largest absolute Gasteiger partial charge is 0.277 e. The van der Waals surface area contributed by atoms with Crippen LogP contribution in [0.25, 0.3) is 0 Å². The predicted molar refractivity (Wildman–Crippen MR) is 83.4 cm³/mol. The van der Waals surface area contributed by atoms with E-state index in [9.17, 15) is 40.9 Å². The summed E-state index contributed by atoms with van der Waals surface area (Å²) in [6.07, 6.45) is 1.19. The highest BCUT2D eigenvalue weighted by atomic mass is 16.6. The Kier molecular flexibility index (Phi) is 4.94. The van der Waals surface area contributed by atoms with Crippen LogP contribution in [-0.2, 0) is 0 Å². The Morgan fingerprint density at radius 3 is 2.23 bits per heavy atom. The second-order valence-electron chi connectivity index (χ2n) is 5.12. The van der Waals surface area contributed by atoms with Crippen LogP contribution >= 0.6 is 0 Å². The van der Waals surface area contributed by atoms with Gasteiger partial charge in [-0.2, -0.15) is 10.5 Å². The molecule has 1 aliphatic carbocycles. The summed E-state index contributed by atoms with van der Waals surface area (Å²) in [6.45, 7) is 0. The first-order valence-corrected chi connectivity index (χ1v) is 6.93. The Labute approximate surface area is 145 Å². The van der Waals surface area contributed by atoms with Crippen LogP contribution in [0.2, 0.25) is 0 Å². The van der Waals surface area contributed by atoms with E-state index in [1.165, 1.54) is 24.3 Å². The molecule has 26 heavy (non-hydrogen) atoms. The zero-order valence-corrected chi connectivity index (χ0v) is 12.8. The van der Waals surface area contributed by atoms with Gasteiger partial charge in [0.1, 0.15) is 11.7 Å². The lowest BCUT2D eigenvalue weighted by atomic mass is 9.76. The Balaban J connectivity index is 2.70. The minimum absolute atomic E-state index is 0.0218. The van der Waals surface area contributed by atoms with Gasteiger partial charge in [0.05, 0.1) is 34.5 Å². The molecule has 0 saturated heterocycles. The van der Waals surface area contributed by atoms with Crippen molar-refractivity contribution in [2.45, 2.75) is 5.92 Å². The molecule has 0 spiro atoms. The van der Waals surface area contributed by atoms with Crippen molar-refractivity contribution in [3.05, 3.63) is 95.3 Å². The molecule has 11 heteroatoms. The number of hydrogen-bond acceptors (Lipinski definition) is 8. The molecule has 130 valence electrons. The first-order chi connectivity index (χ1) is 12.3. The highest BCUT2D eigenvalue weighted by Gasteiger charge is 2.44. The number of nitro groups is 3. The predicted octanol–water partition coefficient (Wildman–Crippen LogP) is 1.93. The fourth-order valence-electron chi connectivity index (χ4n) is 2.65. The number of hydrogen-bond donors (Lipinski definition) is 0. The van der Waals surface area contributed by atoms with E-state index in [0.29, 0.717) is 12.2 Å². The van der Waals surface area contributed by atoms with Gasteiger partial charge in [0.15, 0.2) is 0 Å². The molecule has 11 nitrogen and oxygen atoms in total. The van der Waals surface area contributed by atoms with Crippen LogP contribution in [-0.4, -0.2) is 14.8 Å². The van der Waals surface area contributed by atoms with Crippen molar-refractivity contribution in [2.75, 3.05) is 0 Å². The van der Waals surface area contributed by atoms with Gasteiger partial charge in [-0.1, -0.05) is 24.3 Å². The highest BCUT2D eigenvalue weighted by Crippen LogP contribution is 2.42. The molecular weight excluding hydrogens is 346 g/mol. The van der Waals surface area contributed by atoms with Crippen LogP contribution in [0.15, 0.2) is 47.8 Å². The van der Waals surface area contributed by atoms with Gasteiger partial charge in [-0.15, -0.1) is 0 Å². The summed E-state index contributed by atoms with van der Waals surface area (Å²) in [7, 11) is 0. The van der Waals surface area contributed by atoms with E-state index in [1.807, 2.05) is 6.07 Å². The van der Waals surface area contributed by atoms with Crippen molar-refractivity contribution in [3.63, 3.8) is 0 Å². The SMILES string of the molecule is N#Cc1ccccc1C(C#N)C1C([N+](=O)[O-])=CC([N+](=O)[O-])=C[C-]1[N+](=O)[O-]. The van der Waals surface area contributed by atoms with E-state index in [-0.39, 0.29) is 11.1 Å². The minimum atomic E-state index is -1.68. The van der Waals surface area contributed by atoms with Gasteiger partial charge in [0, 0.05) is 6.08 Å². The van der Waals surface area contributed by atoms with E-state index in [1.54, 1.807) is 6.07 Å². The zero-order valence-electron chi connectivity index (χ0n) is 12.8. The molecule has 0 saturated carbocycles. The molecule has 0 amide bonds. The van der Waals surface area contributed by atoms with Crippen LogP contribution in [0.1, 0.15) is 17.0 Å². The summed E-state index contributed by atoms with van der Waals surface area (Å²) in [5.41, 5.74) is -1.60. The van der Waals surface area contributed by atoms with Crippen LogP contribution in [0.3, 0.4) is 0 Å². The zero-order chi connectivity index (χ0) is 19.4. The lowest BCUT2D eigenvalue weighted by Crippen LogP contribution is -2.32. The monoisotopic (exact) mass is 354 g/mol. The molecule has 2 atom stereocenters. The number of allylic oxidation sites excluding steroid dienone is 1. The van der Waals surface area contributed by atoms with E-state index in [4.69, 9.17) is 0 Å². The number of rotatable bonds is 5. The third-order valence-corrected chi connectivity index (χ3v) is 3.75. The maximum absolute atomic E-state index is 11.4. The second kappa shape index (κ2) is 7.11. The van der Waals surface area contributed by atoms with Gasteiger partial charge < -0.3 is 0 Å². The molecule has 1 aromatic rings. The minimum Gasteiger partial charge on any atom is -0.277 e. The summed E-state index contributed by atoms with van der Waals surface area (Å²) in [4.78, 5) is 30.7. The van der Waals surface area contributed by atoms with Crippen molar-refractivity contribution in [2.24, 2.45) is 5.92 Å². The number of nitriles is 2. The summed E-state index contributed by atoms with van der Waals surface area (Å²) in [5, 5.41) is 52.4. The molecule has 1 aliphatic rings. The molecule has 0 bridgehead atoms. The summed E-state index contributed by atoms with van der Waals surface area (Å²) in [6, 6.07) is 8.42. The van der Waals surface area contributed by atoms with E-state index < -0.39 is 44.0 Å². The molecule has 2 rings (SSSR count). The fourth-order valence-corrected chi connectivity index (χ4v) is 2.65. The third-order valence-electron chi connectivity index (χ3n) is 3.75. The molecule has 0 aliphatic heterocycles. The Hall–Kier alpha value is -4.25. The second-order valence-corrected chi connectivity index (χ2v) is 5.12. The lowest BCUT2D eigenvalue weighted by molar-refractivity contribution is -0.488. The van der Waals surface area contributed by atoms with Crippen LogP contribution in [0, 0.1) is 65.0 Å². The maximum Gasteiger partial charge on any atom is 0.233 e. The van der Waals surface area contributed by atoms with E-state index in [2.05, 4.69) is 0 Å². The summed E-state index contributed by atoms with van der Waals surface area (Å²) in [5.74, 6) is -3.13. The van der Waals surface area contributed by atoms with Gasteiger partial charge in [0.25, 0.3) is 0 Å². The standard InChI is InChI=1S/C15H8N5O6/c16-7-9-3-1-2-4-11(9)12(8-17)15-13(19(23)24)5-10(18(21)22)6-14(15)20(25)26/h1-6,12,15H/q-1. The van der Waals surface area contributed by atoms with Crippen molar-refractivity contribution in [1.29, 1.82) is 10.5 Å². The molecule has 2 unspecified atom stereocenters. The first kappa shape index (κ1) is 18.1. The number of nitrogens with zero attached hydrogens (tertiary/aromatic N) is 5. The smallest absolute Gasteiger partial charge is 0.233 e. The van der Waals surface area contributed by atoms with Gasteiger partial charge in [0.2, 0.25) is 5.70 Å². The topological polar surface area (TPSA) is 177 Å². The van der Waals surface area contributed by atoms with Crippen LogP contribution in [0.5, 0.6) is 0 Å². The Morgan fingerprint density at radius 1 is 1.08 bits per heavy atom. The van der Waals surface area contributed by atoms with Gasteiger partial charge in [-0.05, 0) is 21.5 Å². The van der Waals surface area contributed by atoms with Crippen LogP contribution in [0.4, 0.5) is 0 Å². The Bertz CT molecular complexity index is 939. The maximum atomic E-state index is 11.4. The quantitative estimate of drug-likeness (QED) is 0.437. The molecule has 0 N–H and O–H groups in total. The normalized spacial score (nSPS) is 17.2. The van der Waals surface area contributed by atoms with Crippen LogP contribution < -0.4 is 0 Å². The van der Waals surface area contributed by atoms with Gasteiger partial charge in [-0.25, -0.2) is 0 Å².